The molecule has 1 N–H and O–H groups in total. The summed E-state index contributed by atoms with van der Waals surface area (Å²) in [6, 6.07) is 9.52. The molecule has 0 fully saturated rings. The molecular formula is C12H12BrN3O. The molecule has 0 spiro atoms. The van der Waals surface area contributed by atoms with Crippen molar-refractivity contribution in [2.24, 2.45) is 0 Å². The molecule has 1 aromatic heterocycles. The van der Waals surface area contributed by atoms with Crippen LogP contribution in [0.3, 0.4) is 0 Å². The Bertz CT molecular complexity index is 510. The van der Waals surface area contributed by atoms with Gasteiger partial charge in [0, 0.05) is 24.3 Å². The van der Waals surface area contributed by atoms with E-state index in [-0.39, 0.29) is 5.91 Å². The maximum Gasteiger partial charge on any atom is 0.271 e. The van der Waals surface area contributed by atoms with Gasteiger partial charge in [-0.1, -0.05) is 34.1 Å². The van der Waals surface area contributed by atoms with Gasteiger partial charge >= 0.3 is 0 Å². The first-order valence-electron chi connectivity index (χ1n) is 5.16. The van der Waals surface area contributed by atoms with Crippen molar-refractivity contribution in [1.82, 2.24) is 15.1 Å². The minimum absolute atomic E-state index is 0.0711. The Morgan fingerprint density at radius 1 is 1.41 bits per heavy atom. The highest BCUT2D eigenvalue weighted by Crippen LogP contribution is 2.17. The molecule has 5 heteroatoms. The SMILES string of the molecule is CN(Cc1ccccc1Br)C(=O)c1ccn[nH]1. The molecule has 2 rings (SSSR count). The van der Waals surface area contributed by atoms with Crippen molar-refractivity contribution in [3.05, 3.63) is 52.3 Å². The van der Waals surface area contributed by atoms with Gasteiger partial charge in [-0.25, -0.2) is 0 Å². The molecule has 2 aromatic rings. The van der Waals surface area contributed by atoms with Gasteiger partial charge in [0.2, 0.25) is 0 Å². The molecule has 1 amide bonds. The number of carbonyl (C=O) groups excluding carboxylic acids is 1. The maximum absolute atomic E-state index is 12.0. The quantitative estimate of drug-likeness (QED) is 0.945. The maximum atomic E-state index is 12.0. The number of nitrogens with zero attached hydrogens (tertiary/aromatic N) is 2. The van der Waals surface area contributed by atoms with Gasteiger partial charge in [-0.15, -0.1) is 0 Å². The zero-order chi connectivity index (χ0) is 12.3. The largest absolute Gasteiger partial charge is 0.336 e. The van der Waals surface area contributed by atoms with Crippen LogP contribution in [0.25, 0.3) is 0 Å². The van der Waals surface area contributed by atoms with Gasteiger partial charge in [-0.3, -0.25) is 9.89 Å². The van der Waals surface area contributed by atoms with Crippen LogP contribution in [0.4, 0.5) is 0 Å². The average Bonchev–Trinajstić information content (AvgIpc) is 2.84. The summed E-state index contributed by atoms with van der Waals surface area (Å²) in [6.07, 6.45) is 1.57. The molecule has 1 heterocycles. The predicted octanol–water partition coefficient (Wildman–Crippen LogP) is 2.44. The van der Waals surface area contributed by atoms with Crippen molar-refractivity contribution in [3.8, 4) is 0 Å². The first-order chi connectivity index (χ1) is 8.18. The van der Waals surface area contributed by atoms with Gasteiger partial charge in [0.15, 0.2) is 0 Å². The number of carbonyl (C=O) groups is 1. The van der Waals surface area contributed by atoms with Crippen LogP contribution < -0.4 is 0 Å². The third-order valence-corrected chi connectivity index (χ3v) is 3.22. The van der Waals surface area contributed by atoms with Crippen LogP contribution in [-0.2, 0) is 6.54 Å². The predicted molar refractivity (Wildman–Crippen MR) is 68.5 cm³/mol. The molecule has 0 atom stereocenters. The fourth-order valence-corrected chi connectivity index (χ4v) is 1.94. The van der Waals surface area contributed by atoms with Crippen LogP contribution in [-0.4, -0.2) is 28.1 Å². The molecule has 0 saturated carbocycles. The van der Waals surface area contributed by atoms with E-state index in [1.807, 2.05) is 24.3 Å². The second-order valence-electron chi connectivity index (χ2n) is 3.72. The fourth-order valence-electron chi connectivity index (χ4n) is 1.53. The van der Waals surface area contributed by atoms with Crippen molar-refractivity contribution in [2.75, 3.05) is 7.05 Å². The van der Waals surface area contributed by atoms with Crippen molar-refractivity contribution >= 4 is 21.8 Å². The lowest BCUT2D eigenvalue weighted by Crippen LogP contribution is -2.26. The summed E-state index contributed by atoms with van der Waals surface area (Å²) < 4.78 is 1.00. The molecule has 0 unspecified atom stereocenters. The zero-order valence-corrected chi connectivity index (χ0v) is 10.9. The summed E-state index contributed by atoms with van der Waals surface area (Å²) in [5.74, 6) is -0.0711. The number of amides is 1. The molecule has 0 saturated heterocycles. The van der Waals surface area contributed by atoms with Gasteiger partial charge in [0.25, 0.3) is 5.91 Å². The third kappa shape index (κ3) is 2.74. The van der Waals surface area contributed by atoms with Crippen LogP contribution in [0.2, 0.25) is 0 Å². The summed E-state index contributed by atoms with van der Waals surface area (Å²) >= 11 is 3.46. The van der Waals surface area contributed by atoms with Gasteiger partial charge < -0.3 is 4.90 Å². The van der Waals surface area contributed by atoms with Crippen LogP contribution in [0, 0.1) is 0 Å². The van der Waals surface area contributed by atoms with Crippen molar-refractivity contribution in [3.63, 3.8) is 0 Å². The number of hydrogen-bond acceptors (Lipinski definition) is 2. The van der Waals surface area contributed by atoms with Crippen LogP contribution in [0.1, 0.15) is 16.1 Å². The van der Waals surface area contributed by atoms with Crippen LogP contribution in [0.5, 0.6) is 0 Å². The number of nitrogens with one attached hydrogen (secondary N) is 1. The zero-order valence-electron chi connectivity index (χ0n) is 9.35. The number of H-pyrrole nitrogens is 1. The van der Waals surface area contributed by atoms with Crippen LogP contribution >= 0.6 is 15.9 Å². The highest BCUT2D eigenvalue weighted by molar-refractivity contribution is 9.10. The summed E-state index contributed by atoms with van der Waals surface area (Å²) in [7, 11) is 1.77. The Hall–Kier alpha value is -1.62. The van der Waals surface area contributed by atoms with E-state index in [1.54, 1.807) is 24.2 Å². The smallest absolute Gasteiger partial charge is 0.271 e. The standard InChI is InChI=1S/C12H12BrN3O/c1-16(12(17)11-6-7-14-15-11)8-9-4-2-3-5-10(9)13/h2-7H,8H2,1H3,(H,14,15). The summed E-state index contributed by atoms with van der Waals surface area (Å²) in [5.41, 5.74) is 1.57. The molecule has 0 radical (unpaired) electrons. The lowest BCUT2D eigenvalue weighted by atomic mass is 10.2. The second kappa shape index (κ2) is 5.14. The minimum Gasteiger partial charge on any atom is -0.336 e. The highest BCUT2D eigenvalue weighted by Gasteiger charge is 2.13. The molecule has 17 heavy (non-hydrogen) atoms. The Kier molecular flexibility index (Phi) is 3.58. The van der Waals surface area contributed by atoms with E-state index in [0.717, 1.165) is 10.0 Å². The Morgan fingerprint density at radius 3 is 2.82 bits per heavy atom. The topological polar surface area (TPSA) is 49.0 Å². The molecule has 4 nitrogen and oxygen atoms in total. The average molecular weight is 294 g/mol. The monoisotopic (exact) mass is 293 g/mol. The molecule has 0 aliphatic rings. The number of hydrogen-bond donors (Lipinski definition) is 1. The number of rotatable bonds is 3. The van der Waals surface area contributed by atoms with E-state index in [2.05, 4.69) is 26.1 Å². The summed E-state index contributed by atoms with van der Waals surface area (Å²) in [4.78, 5) is 13.6. The first-order valence-corrected chi connectivity index (χ1v) is 5.96. The van der Waals surface area contributed by atoms with Gasteiger partial charge in [0.1, 0.15) is 5.69 Å². The van der Waals surface area contributed by atoms with Gasteiger partial charge in [0.05, 0.1) is 0 Å². The number of aromatic amines is 1. The Labute approximate surface area is 108 Å². The normalized spacial score (nSPS) is 10.2. The molecule has 88 valence electrons. The van der Waals surface area contributed by atoms with E-state index in [4.69, 9.17) is 0 Å². The van der Waals surface area contributed by atoms with Crippen molar-refractivity contribution < 1.29 is 4.79 Å². The molecule has 1 aromatic carbocycles. The van der Waals surface area contributed by atoms with Crippen LogP contribution in [0.15, 0.2) is 41.0 Å². The molecular weight excluding hydrogens is 282 g/mol. The van der Waals surface area contributed by atoms with Gasteiger partial charge in [-0.2, -0.15) is 5.10 Å². The van der Waals surface area contributed by atoms with E-state index in [1.165, 1.54) is 0 Å². The third-order valence-electron chi connectivity index (χ3n) is 2.44. The molecule has 0 bridgehead atoms. The number of halogens is 1. The van der Waals surface area contributed by atoms with E-state index >= 15 is 0 Å². The van der Waals surface area contributed by atoms with E-state index < -0.39 is 0 Å². The van der Waals surface area contributed by atoms with E-state index in [9.17, 15) is 4.79 Å². The number of aromatic nitrogens is 2. The van der Waals surface area contributed by atoms with Crippen molar-refractivity contribution in [1.29, 1.82) is 0 Å². The lowest BCUT2D eigenvalue weighted by molar-refractivity contribution is 0.0779. The number of benzene rings is 1. The minimum atomic E-state index is -0.0711. The molecule has 0 aliphatic heterocycles. The van der Waals surface area contributed by atoms with Gasteiger partial charge in [-0.05, 0) is 17.7 Å². The highest BCUT2D eigenvalue weighted by atomic mass is 79.9. The Morgan fingerprint density at radius 2 is 2.18 bits per heavy atom. The summed E-state index contributed by atoms with van der Waals surface area (Å²) in [6.45, 7) is 0.555. The van der Waals surface area contributed by atoms with E-state index in [0.29, 0.717) is 12.2 Å². The lowest BCUT2D eigenvalue weighted by Gasteiger charge is -2.17. The first kappa shape index (κ1) is 11.9. The second-order valence-corrected chi connectivity index (χ2v) is 4.58. The fraction of sp³-hybridized carbons (Fsp3) is 0.167. The van der Waals surface area contributed by atoms with Crippen molar-refractivity contribution in [2.45, 2.75) is 6.54 Å². The Balaban J connectivity index is 2.10. The molecule has 0 aliphatic carbocycles. The summed E-state index contributed by atoms with van der Waals surface area (Å²) in [5, 5.41) is 6.43.